The SMILES string of the molecule is O=C(N1[C@H]2CC[C@H]1CC(Cc1cnc3ccccc3c1)C2)C1(Cc2ccccc2)CCOCC1. The van der Waals surface area contributed by atoms with Crippen molar-refractivity contribution in [3.8, 4) is 0 Å². The van der Waals surface area contributed by atoms with Crippen LogP contribution in [-0.4, -0.2) is 41.1 Å². The van der Waals surface area contributed by atoms with Crippen LogP contribution in [0.4, 0.5) is 0 Å². The molecule has 3 aliphatic heterocycles. The summed E-state index contributed by atoms with van der Waals surface area (Å²) in [6.45, 7) is 1.39. The Morgan fingerprint density at radius 2 is 1.65 bits per heavy atom. The first kappa shape index (κ1) is 21.8. The topological polar surface area (TPSA) is 42.4 Å². The Bertz CT molecular complexity index is 1140. The highest BCUT2D eigenvalue weighted by Crippen LogP contribution is 2.45. The molecule has 2 aromatic carbocycles. The Morgan fingerprint density at radius 3 is 2.41 bits per heavy atom. The van der Waals surface area contributed by atoms with Gasteiger partial charge in [0.1, 0.15) is 0 Å². The maximum Gasteiger partial charge on any atom is 0.229 e. The van der Waals surface area contributed by atoms with Gasteiger partial charge in [-0.25, -0.2) is 0 Å². The van der Waals surface area contributed by atoms with Crippen LogP contribution >= 0.6 is 0 Å². The largest absolute Gasteiger partial charge is 0.381 e. The molecule has 4 nitrogen and oxygen atoms in total. The number of fused-ring (bicyclic) bond motifs is 3. The first-order valence-corrected chi connectivity index (χ1v) is 13.0. The van der Waals surface area contributed by atoms with E-state index in [2.05, 4.69) is 70.7 Å². The molecule has 6 rings (SSSR count). The molecule has 0 radical (unpaired) electrons. The van der Waals surface area contributed by atoms with Crippen LogP contribution < -0.4 is 0 Å². The third-order valence-corrected chi connectivity index (χ3v) is 8.53. The number of para-hydroxylation sites is 1. The average Bonchev–Trinajstić information content (AvgIpc) is 3.14. The molecule has 3 saturated heterocycles. The van der Waals surface area contributed by atoms with Crippen LogP contribution in [-0.2, 0) is 22.4 Å². The molecule has 0 N–H and O–H groups in total. The van der Waals surface area contributed by atoms with Crippen LogP contribution in [0.1, 0.15) is 49.7 Å². The molecule has 1 aromatic heterocycles. The summed E-state index contributed by atoms with van der Waals surface area (Å²) >= 11 is 0. The zero-order chi connectivity index (χ0) is 23.0. The molecule has 0 unspecified atom stereocenters. The standard InChI is InChI=1S/C30H34N2O2/c33-29(30(12-14-34-15-13-30)20-22-6-2-1-3-7-22)32-26-10-11-27(32)19-23(18-26)16-24-17-25-8-4-5-9-28(25)31-21-24/h1-9,17,21,23,26-27H,10-16,18-20H2/t26-,27-/m0/s1. The molecule has 3 fully saturated rings. The molecule has 4 heterocycles. The van der Waals surface area contributed by atoms with Crippen LogP contribution in [0.25, 0.3) is 10.9 Å². The third-order valence-electron chi connectivity index (χ3n) is 8.53. The number of benzene rings is 2. The molecular weight excluding hydrogens is 420 g/mol. The molecule has 3 aromatic rings. The van der Waals surface area contributed by atoms with Crippen LogP contribution in [0.3, 0.4) is 0 Å². The van der Waals surface area contributed by atoms with Gasteiger partial charge in [0.25, 0.3) is 0 Å². The molecule has 0 saturated carbocycles. The van der Waals surface area contributed by atoms with Crippen molar-refractivity contribution in [1.82, 2.24) is 9.88 Å². The minimum atomic E-state index is -0.310. The fourth-order valence-corrected chi connectivity index (χ4v) is 6.84. The lowest BCUT2D eigenvalue weighted by atomic mass is 9.73. The second-order valence-electron chi connectivity index (χ2n) is 10.7. The van der Waals surface area contributed by atoms with E-state index >= 15 is 0 Å². The lowest BCUT2D eigenvalue weighted by Gasteiger charge is -2.46. The molecule has 1 amide bonds. The van der Waals surface area contributed by atoms with E-state index in [4.69, 9.17) is 4.74 Å². The second-order valence-corrected chi connectivity index (χ2v) is 10.7. The van der Waals surface area contributed by atoms with Crippen LogP contribution in [0.15, 0.2) is 66.9 Å². The van der Waals surface area contributed by atoms with Gasteiger partial charge in [-0.05, 0) is 80.5 Å². The van der Waals surface area contributed by atoms with Gasteiger partial charge in [0, 0.05) is 36.9 Å². The van der Waals surface area contributed by atoms with E-state index in [0.717, 1.165) is 56.9 Å². The molecule has 34 heavy (non-hydrogen) atoms. The van der Waals surface area contributed by atoms with E-state index in [1.807, 2.05) is 6.07 Å². The lowest BCUT2D eigenvalue weighted by molar-refractivity contribution is -0.153. The molecule has 0 aliphatic carbocycles. The number of aromatic nitrogens is 1. The average molecular weight is 455 g/mol. The summed E-state index contributed by atoms with van der Waals surface area (Å²) in [6.07, 6.45) is 10.2. The summed E-state index contributed by atoms with van der Waals surface area (Å²) in [6, 6.07) is 22.0. The fourth-order valence-electron chi connectivity index (χ4n) is 6.84. The van der Waals surface area contributed by atoms with Crippen molar-refractivity contribution < 1.29 is 9.53 Å². The quantitative estimate of drug-likeness (QED) is 0.505. The van der Waals surface area contributed by atoms with Gasteiger partial charge in [-0.2, -0.15) is 0 Å². The van der Waals surface area contributed by atoms with Gasteiger partial charge in [0.05, 0.1) is 10.9 Å². The zero-order valence-electron chi connectivity index (χ0n) is 19.9. The normalized spacial score (nSPS) is 26.0. The van der Waals surface area contributed by atoms with E-state index in [1.54, 1.807) is 0 Å². The number of amides is 1. The number of nitrogens with zero attached hydrogens (tertiary/aromatic N) is 2. The zero-order valence-corrected chi connectivity index (χ0v) is 19.9. The summed E-state index contributed by atoms with van der Waals surface area (Å²) in [5.74, 6) is 1.03. The molecule has 3 aliphatic rings. The van der Waals surface area contributed by atoms with Crippen molar-refractivity contribution in [2.45, 2.75) is 63.5 Å². The van der Waals surface area contributed by atoms with E-state index < -0.39 is 0 Å². The van der Waals surface area contributed by atoms with E-state index in [1.165, 1.54) is 16.5 Å². The van der Waals surface area contributed by atoms with Crippen molar-refractivity contribution in [2.75, 3.05) is 13.2 Å². The highest BCUT2D eigenvalue weighted by molar-refractivity contribution is 5.84. The van der Waals surface area contributed by atoms with Gasteiger partial charge in [0.15, 0.2) is 0 Å². The van der Waals surface area contributed by atoms with Gasteiger partial charge in [-0.1, -0.05) is 48.5 Å². The number of hydrogen-bond donors (Lipinski definition) is 0. The third kappa shape index (κ3) is 4.13. The number of ether oxygens (including phenoxy) is 1. The first-order chi connectivity index (χ1) is 16.7. The summed E-state index contributed by atoms with van der Waals surface area (Å²) in [7, 11) is 0. The van der Waals surface area contributed by atoms with Crippen molar-refractivity contribution in [3.05, 3.63) is 78.0 Å². The molecule has 4 heteroatoms. The number of piperidine rings is 1. The molecule has 2 atom stereocenters. The second kappa shape index (κ2) is 9.14. The number of pyridine rings is 1. The monoisotopic (exact) mass is 454 g/mol. The predicted molar refractivity (Wildman–Crippen MR) is 134 cm³/mol. The van der Waals surface area contributed by atoms with Gasteiger partial charge >= 0.3 is 0 Å². The smallest absolute Gasteiger partial charge is 0.229 e. The van der Waals surface area contributed by atoms with Crippen LogP contribution in [0.5, 0.6) is 0 Å². The fraction of sp³-hybridized carbons (Fsp3) is 0.467. The minimum absolute atomic E-state index is 0.310. The number of carbonyl (C=O) groups is 1. The number of hydrogen-bond acceptors (Lipinski definition) is 3. The molecule has 0 spiro atoms. The van der Waals surface area contributed by atoms with E-state index in [-0.39, 0.29) is 5.41 Å². The van der Waals surface area contributed by atoms with Crippen molar-refractivity contribution in [2.24, 2.45) is 11.3 Å². The predicted octanol–water partition coefficient (Wildman–Crippen LogP) is 5.59. The van der Waals surface area contributed by atoms with Gasteiger partial charge in [-0.15, -0.1) is 0 Å². The Hall–Kier alpha value is -2.72. The van der Waals surface area contributed by atoms with Crippen molar-refractivity contribution in [3.63, 3.8) is 0 Å². The molecule has 176 valence electrons. The Morgan fingerprint density at radius 1 is 0.941 bits per heavy atom. The maximum atomic E-state index is 14.2. The lowest BCUT2D eigenvalue weighted by Crippen LogP contribution is -2.55. The van der Waals surface area contributed by atoms with Gasteiger partial charge in [0.2, 0.25) is 5.91 Å². The van der Waals surface area contributed by atoms with Crippen molar-refractivity contribution in [1.29, 1.82) is 0 Å². The first-order valence-electron chi connectivity index (χ1n) is 13.0. The van der Waals surface area contributed by atoms with Gasteiger partial charge in [-0.3, -0.25) is 9.78 Å². The van der Waals surface area contributed by atoms with Crippen LogP contribution in [0.2, 0.25) is 0 Å². The maximum absolute atomic E-state index is 14.2. The Labute approximate surface area is 202 Å². The summed E-state index contributed by atoms with van der Waals surface area (Å²) in [4.78, 5) is 21.2. The minimum Gasteiger partial charge on any atom is -0.381 e. The number of rotatable bonds is 5. The number of carbonyl (C=O) groups excluding carboxylic acids is 1. The summed E-state index contributed by atoms with van der Waals surface area (Å²) in [5.41, 5.74) is 3.35. The van der Waals surface area contributed by atoms with E-state index in [0.29, 0.717) is 37.1 Å². The molecule has 2 bridgehead atoms. The highest BCUT2D eigenvalue weighted by atomic mass is 16.5. The Kier molecular flexibility index (Phi) is 5.86. The van der Waals surface area contributed by atoms with Crippen LogP contribution in [0, 0.1) is 11.3 Å². The highest BCUT2D eigenvalue weighted by Gasteiger charge is 2.50. The summed E-state index contributed by atoms with van der Waals surface area (Å²) < 4.78 is 5.71. The molecular formula is C30H34N2O2. The Balaban J connectivity index is 1.19. The van der Waals surface area contributed by atoms with Gasteiger partial charge < -0.3 is 9.64 Å². The van der Waals surface area contributed by atoms with Crippen molar-refractivity contribution >= 4 is 16.8 Å². The summed E-state index contributed by atoms with van der Waals surface area (Å²) in [5, 5.41) is 1.22. The van der Waals surface area contributed by atoms with E-state index in [9.17, 15) is 4.79 Å².